The summed E-state index contributed by atoms with van der Waals surface area (Å²) in [5.74, 6) is -0.305. The highest BCUT2D eigenvalue weighted by Gasteiger charge is 2.01. The molecule has 0 aliphatic heterocycles. The van der Waals surface area contributed by atoms with Crippen LogP contribution in [0.3, 0.4) is 0 Å². The molecule has 1 rings (SSSR count). The smallest absolute Gasteiger partial charge is 0.330 e. The number of hydrogen-bond acceptors (Lipinski definition) is 2. The van der Waals surface area contributed by atoms with E-state index in [-0.39, 0.29) is 5.97 Å². The largest absolute Gasteiger partial charge is 0.463 e. The maximum Gasteiger partial charge on any atom is 0.330 e. The zero-order valence-corrected chi connectivity index (χ0v) is 11.3. The quantitative estimate of drug-likeness (QED) is 0.625. The number of hydrogen-bond donors (Lipinski definition) is 0. The minimum absolute atomic E-state index is 0.305. The van der Waals surface area contributed by atoms with Gasteiger partial charge in [0.15, 0.2) is 0 Å². The Hall–Kier alpha value is -1.09. The van der Waals surface area contributed by atoms with E-state index in [4.69, 9.17) is 4.74 Å². The Morgan fingerprint density at radius 3 is 2.44 bits per heavy atom. The molecule has 0 spiro atoms. The molecule has 0 bridgehead atoms. The summed E-state index contributed by atoms with van der Waals surface area (Å²) in [7, 11) is 0. The lowest BCUT2D eigenvalue weighted by Gasteiger charge is -2.04. The van der Waals surface area contributed by atoms with Crippen molar-refractivity contribution in [1.82, 2.24) is 0 Å². The average Bonchev–Trinajstić information content (AvgIpc) is 2.23. The van der Waals surface area contributed by atoms with Gasteiger partial charge in [-0.2, -0.15) is 0 Å². The van der Waals surface area contributed by atoms with Gasteiger partial charge in [-0.3, -0.25) is 0 Å². The van der Waals surface area contributed by atoms with Crippen LogP contribution < -0.4 is 0 Å². The van der Waals surface area contributed by atoms with E-state index in [9.17, 15) is 4.79 Å². The van der Waals surface area contributed by atoms with Crippen LogP contribution in [0.1, 0.15) is 23.6 Å². The van der Waals surface area contributed by atoms with Crippen LogP contribution in [-0.4, -0.2) is 12.6 Å². The van der Waals surface area contributed by atoms with Crippen LogP contribution >= 0.6 is 15.9 Å². The van der Waals surface area contributed by atoms with Gasteiger partial charge in [-0.05, 0) is 43.5 Å². The number of ether oxygens (including phenoxy) is 1. The zero-order chi connectivity index (χ0) is 12.1. The van der Waals surface area contributed by atoms with Crippen molar-refractivity contribution in [1.29, 1.82) is 0 Å². The van der Waals surface area contributed by atoms with Crippen LogP contribution in [0.15, 0.2) is 22.7 Å². The van der Waals surface area contributed by atoms with Crippen molar-refractivity contribution < 1.29 is 9.53 Å². The number of carbonyl (C=O) groups excluding carboxylic acids is 1. The van der Waals surface area contributed by atoms with Crippen molar-refractivity contribution in [2.24, 2.45) is 0 Å². The van der Waals surface area contributed by atoms with Gasteiger partial charge in [-0.15, -0.1) is 0 Å². The topological polar surface area (TPSA) is 26.3 Å². The minimum atomic E-state index is -0.305. The number of esters is 1. The highest BCUT2D eigenvalue weighted by atomic mass is 79.9. The maximum atomic E-state index is 11.1. The summed E-state index contributed by atoms with van der Waals surface area (Å²) in [5, 5.41) is 0. The van der Waals surface area contributed by atoms with Gasteiger partial charge in [0.25, 0.3) is 0 Å². The predicted octanol–water partition coefficient (Wildman–Crippen LogP) is 3.64. The second kappa shape index (κ2) is 5.85. The SMILES string of the molecule is CCOC(=O)/C=C/c1cc(C)c(Br)c(C)c1. The average molecular weight is 283 g/mol. The summed E-state index contributed by atoms with van der Waals surface area (Å²) in [6.07, 6.45) is 3.22. The maximum absolute atomic E-state index is 11.1. The van der Waals surface area contributed by atoms with E-state index in [1.807, 2.05) is 26.0 Å². The van der Waals surface area contributed by atoms with Gasteiger partial charge < -0.3 is 4.74 Å². The molecule has 0 saturated carbocycles. The van der Waals surface area contributed by atoms with Crippen LogP contribution in [0.4, 0.5) is 0 Å². The normalized spacial score (nSPS) is 10.8. The van der Waals surface area contributed by atoms with Crippen molar-refractivity contribution in [3.05, 3.63) is 39.4 Å². The van der Waals surface area contributed by atoms with Gasteiger partial charge in [0.1, 0.15) is 0 Å². The zero-order valence-electron chi connectivity index (χ0n) is 9.71. The third-order valence-electron chi connectivity index (χ3n) is 2.16. The van der Waals surface area contributed by atoms with Crippen molar-refractivity contribution in [2.75, 3.05) is 6.61 Å². The first-order valence-corrected chi connectivity index (χ1v) is 5.95. The van der Waals surface area contributed by atoms with Crippen LogP contribution in [0.5, 0.6) is 0 Å². The van der Waals surface area contributed by atoms with E-state index < -0.39 is 0 Å². The molecule has 0 atom stereocenters. The number of halogens is 1. The van der Waals surface area contributed by atoms with Crippen LogP contribution in [0, 0.1) is 13.8 Å². The Bertz CT molecular complexity index is 399. The molecule has 16 heavy (non-hydrogen) atoms. The molecule has 0 aliphatic rings. The molecule has 3 heteroatoms. The molecule has 1 aromatic carbocycles. The molecule has 0 radical (unpaired) electrons. The standard InChI is InChI=1S/C13H15BrO2/c1-4-16-12(15)6-5-11-7-9(2)13(14)10(3)8-11/h5-8H,4H2,1-3H3/b6-5+. The fourth-order valence-corrected chi connectivity index (χ4v) is 1.66. The molecule has 0 heterocycles. The molecule has 0 amide bonds. The summed E-state index contributed by atoms with van der Waals surface area (Å²) in [4.78, 5) is 11.1. The molecule has 2 nitrogen and oxygen atoms in total. The van der Waals surface area contributed by atoms with Crippen LogP contribution in [0.2, 0.25) is 0 Å². The van der Waals surface area contributed by atoms with E-state index in [0.717, 1.165) is 21.2 Å². The summed E-state index contributed by atoms with van der Waals surface area (Å²) in [5.41, 5.74) is 3.32. The van der Waals surface area contributed by atoms with E-state index in [2.05, 4.69) is 15.9 Å². The first kappa shape index (κ1) is 13.0. The van der Waals surface area contributed by atoms with Gasteiger partial charge in [0, 0.05) is 10.5 Å². The second-order valence-electron chi connectivity index (χ2n) is 3.55. The number of carbonyl (C=O) groups is 1. The first-order chi connectivity index (χ1) is 7.54. The third kappa shape index (κ3) is 3.49. The summed E-state index contributed by atoms with van der Waals surface area (Å²) >= 11 is 3.50. The molecule has 0 N–H and O–H groups in total. The predicted molar refractivity (Wildman–Crippen MR) is 69.3 cm³/mol. The highest BCUT2D eigenvalue weighted by Crippen LogP contribution is 2.22. The Morgan fingerprint density at radius 2 is 1.94 bits per heavy atom. The lowest BCUT2D eigenvalue weighted by Crippen LogP contribution is -1.98. The van der Waals surface area contributed by atoms with Crippen LogP contribution in [-0.2, 0) is 9.53 Å². The Labute approximate surface area is 104 Å². The second-order valence-corrected chi connectivity index (χ2v) is 4.35. The number of rotatable bonds is 3. The molecular formula is C13H15BrO2. The molecule has 0 saturated heterocycles. The summed E-state index contributed by atoms with van der Waals surface area (Å²) in [6.45, 7) is 6.25. The first-order valence-electron chi connectivity index (χ1n) is 5.16. The van der Waals surface area contributed by atoms with E-state index in [1.54, 1.807) is 13.0 Å². The number of aryl methyl sites for hydroxylation is 2. The Morgan fingerprint density at radius 1 is 1.38 bits per heavy atom. The monoisotopic (exact) mass is 282 g/mol. The van der Waals surface area contributed by atoms with E-state index >= 15 is 0 Å². The van der Waals surface area contributed by atoms with Gasteiger partial charge in [0.2, 0.25) is 0 Å². The minimum Gasteiger partial charge on any atom is -0.463 e. The molecule has 0 aromatic heterocycles. The lowest BCUT2D eigenvalue weighted by molar-refractivity contribution is -0.137. The van der Waals surface area contributed by atoms with E-state index in [1.165, 1.54) is 6.08 Å². The molecule has 1 aromatic rings. The summed E-state index contributed by atoms with van der Waals surface area (Å²) in [6, 6.07) is 4.04. The van der Waals surface area contributed by atoms with Crippen molar-refractivity contribution in [3.8, 4) is 0 Å². The summed E-state index contributed by atoms with van der Waals surface area (Å²) < 4.78 is 5.92. The van der Waals surface area contributed by atoms with Crippen LogP contribution in [0.25, 0.3) is 6.08 Å². The lowest BCUT2D eigenvalue weighted by atomic mass is 10.1. The Kier molecular flexibility index (Phi) is 4.74. The van der Waals surface area contributed by atoms with Gasteiger partial charge >= 0.3 is 5.97 Å². The Balaban J connectivity index is 2.86. The van der Waals surface area contributed by atoms with Crippen molar-refractivity contribution in [3.63, 3.8) is 0 Å². The van der Waals surface area contributed by atoms with Gasteiger partial charge in [-0.1, -0.05) is 28.1 Å². The molecule has 86 valence electrons. The third-order valence-corrected chi connectivity index (χ3v) is 3.41. The van der Waals surface area contributed by atoms with Crippen molar-refractivity contribution >= 4 is 28.0 Å². The molecule has 0 aliphatic carbocycles. The van der Waals surface area contributed by atoms with Crippen molar-refractivity contribution in [2.45, 2.75) is 20.8 Å². The molecule has 0 fully saturated rings. The van der Waals surface area contributed by atoms with Gasteiger partial charge in [0.05, 0.1) is 6.61 Å². The fraction of sp³-hybridized carbons (Fsp3) is 0.308. The van der Waals surface area contributed by atoms with E-state index in [0.29, 0.717) is 6.61 Å². The highest BCUT2D eigenvalue weighted by molar-refractivity contribution is 9.10. The fourth-order valence-electron chi connectivity index (χ4n) is 1.43. The van der Waals surface area contributed by atoms with Gasteiger partial charge in [-0.25, -0.2) is 4.79 Å². The number of benzene rings is 1. The molecule has 0 unspecified atom stereocenters. The molecular weight excluding hydrogens is 268 g/mol.